The maximum absolute atomic E-state index is 10.6. The maximum atomic E-state index is 10.6. The summed E-state index contributed by atoms with van der Waals surface area (Å²) in [4.78, 5) is 0. The normalized spacial score (nSPS) is 34.0. The van der Waals surface area contributed by atoms with Gasteiger partial charge in [-0.15, -0.1) is 0 Å². The third kappa shape index (κ3) is 2.57. The first-order valence-corrected chi connectivity index (χ1v) is 8.24. The van der Waals surface area contributed by atoms with E-state index in [9.17, 15) is 5.11 Å². The monoisotopic (exact) mass is 287 g/mol. The summed E-state index contributed by atoms with van der Waals surface area (Å²) in [5, 5.41) is 19.4. The van der Waals surface area contributed by atoms with E-state index in [2.05, 4.69) is 40.3 Å². The highest BCUT2D eigenvalue weighted by molar-refractivity contribution is 5.48. The lowest BCUT2D eigenvalue weighted by Gasteiger charge is -2.48. The molecule has 0 amide bonds. The number of aliphatic hydroxyl groups excluding tert-OH is 1. The molecule has 0 aliphatic heterocycles. The average Bonchev–Trinajstić information content (AvgIpc) is 2.79. The fraction of sp³-hybridized carbons (Fsp3) is 0.737. The number of rotatable bonds is 4. The summed E-state index contributed by atoms with van der Waals surface area (Å²) in [6.07, 6.45) is 4.99. The summed E-state index contributed by atoms with van der Waals surface area (Å²) in [5.41, 5.74) is 4.12. The molecule has 0 saturated heterocycles. The van der Waals surface area contributed by atoms with Crippen molar-refractivity contribution in [2.45, 2.75) is 72.3 Å². The van der Waals surface area contributed by atoms with Crippen molar-refractivity contribution in [1.29, 1.82) is 5.26 Å². The van der Waals surface area contributed by atoms with Gasteiger partial charge in [0.1, 0.15) is 0 Å². The number of hydrogen-bond donors (Lipinski definition) is 1. The Kier molecular flexibility index (Phi) is 4.36. The van der Waals surface area contributed by atoms with Gasteiger partial charge in [-0.3, -0.25) is 0 Å². The molecule has 2 aliphatic carbocycles. The van der Waals surface area contributed by atoms with Crippen molar-refractivity contribution < 1.29 is 5.11 Å². The van der Waals surface area contributed by atoms with Crippen LogP contribution in [0.25, 0.3) is 0 Å². The number of aliphatic hydroxyl groups is 1. The smallest absolute Gasteiger partial charge is 0.0643 e. The molecule has 2 aliphatic rings. The number of fused-ring (bicyclic) bond motifs is 1. The molecular formula is C19H29NO. The molecule has 1 N–H and O–H groups in total. The zero-order chi connectivity index (χ0) is 15.8. The van der Waals surface area contributed by atoms with Gasteiger partial charge >= 0.3 is 0 Å². The second-order valence-electron chi connectivity index (χ2n) is 7.72. The van der Waals surface area contributed by atoms with Gasteiger partial charge in [-0.1, -0.05) is 39.8 Å². The summed E-state index contributed by atoms with van der Waals surface area (Å²) in [5.74, 6) is 0.553. The van der Waals surface area contributed by atoms with Crippen LogP contribution < -0.4 is 0 Å². The molecule has 0 aromatic carbocycles. The Morgan fingerprint density at radius 2 is 1.95 bits per heavy atom. The molecule has 3 atom stereocenters. The Labute approximate surface area is 129 Å². The molecule has 0 unspecified atom stereocenters. The first-order valence-electron chi connectivity index (χ1n) is 8.24. The van der Waals surface area contributed by atoms with Crippen LogP contribution in [0.5, 0.6) is 0 Å². The molecule has 1 fully saturated rings. The van der Waals surface area contributed by atoms with Crippen LogP contribution in [0.1, 0.15) is 66.2 Å². The second-order valence-corrected chi connectivity index (χ2v) is 7.72. The molecule has 0 radical (unpaired) electrons. The van der Waals surface area contributed by atoms with Gasteiger partial charge in [0.25, 0.3) is 0 Å². The van der Waals surface area contributed by atoms with Gasteiger partial charge in [0.05, 0.1) is 12.2 Å². The molecule has 1 saturated carbocycles. The van der Waals surface area contributed by atoms with Crippen LogP contribution in [-0.2, 0) is 0 Å². The van der Waals surface area contributed by atoms with Crippen molar-refractivity contribution in [3.63, 3.8) is 0 Å². The van der Waals surface area contributed by atoms with E-state index >= 15 is 0 Å². The summed E-state index contributed by atoms with van der Waals surface area (Å²) in [6.45, 7) is 13.4. The fourth-order valence-electron chi connectivity index (χ4n) is 4.29. The summed E-state index contributed by atoms with van der Waals surface area (Å²) in [6, 6.07) is 2.15. The number of allylic oxidation sites excluding steroid dienone is 2. The van der Waals surface area contributed by atoms with Crippen molar-refractivity contribution >= 4 is 0 Å². The summed E-state index contributed by atoms with van der Waals surface area (Å²) in [7, 11) is 0. The lowest BCUT2D eigenvalue weighted by Crippen LogP contribution is -2.41. The Bertz CT molecular complexity index is 510. The molecular weight excluding hydrogens is 258 g/mol. The SMILES string of the molecule is C=C1C2=C(C(C)C)CC[C@]2(C)CC[C@@]1(C)[C@H](O)CCC#N. The van der Waals surface area contributed by atoms with Crippen LogP contribution in [0.4, 0.5) is 0 Å². The highest BCUT2D eigenvalue weighted by Gasteiger charge is 2.50. The Hall–Kier alpha value is -1.07. The molecule has 0 aromatic rings. The minimum atomic E-state index is -0.462. The third-order valence-corrected chi connectivity index (χ3v) is 6.02. The molecule has 116 valence electrons. The molecule has 21 heavy (non-hydrogen) atoms. The first kappa shape index (κ1) is 16.3. The van der Waals surface area contributed by atoms with Gasteiger partial charge in [0.15, 0.2) is 0 Å². The number of nitrogens with zero attached hydrogens (tertiary/aromatic N) is 1. The van der Waals surface area contributed by atoms with Crippen molar-refractivity contribution in [3.05, 3.63) is 23.3 Å². The highest BCUT2D eigenvalue weighted by atomic mass is 16.3. The van der Waals surface area contributed by atoms with Crippen molar-refractivity contribution in [3.8, 4) is 6.07 Å². The summed E-state index contributed by atoms with van der Waals surface area (Å²) < 4.78 is 0. The van der Waals surface area contributed by atoms with Gasteiger partial charge in [0.2, 0.25) is 0 Å². The lowest BCUT2D eigenvalue weighted by molar-refractivity contribution is 0.0331. The molecule has 0 spiro atoms. The van der Waals surface area contributed by atoms with Crippen LogP contribution in [0.3, 0.4) is 0 Å². The van der Waals surface area contributed by atoms with Gasteiger partial charge in [-0.05, 0) is 54.6 Å². The quantitative estimate of drug-likeness (QED) is 0.810. The van der Waals surface area contributed by atoms with Crippen LogP contribution >= 0.6 is 0 Å². The van der Waals surface area contributed by atoms with E-state index in [0.717, 1.165) is 18.4 Å². The Balaban J connectivity index is 2.37. The Morgan fingerprint density at radius 1 is 1.29 bits per heavy atom. The van der Waals surface area contributed by atoms with E-state index in [1.54, 1.807) is 5.57 Å². The Morgan fingerprint density at radius 3 is 2.52 bits per heavy atom. The van der Waals surface area contributed by atoms with E-state index in [-0.39, 0.29) is 10.8 Å². The average molecular weight is 287 g/mol. The molecule has 2 heteroatoms. The fourth-order valence-corrected chi connectivity index (χ4v) is 4.29. The van der Waals surface area contributed by atoms with Crippen LogP contribution in [0.2, 0.25) is 0 Å². The minimum absolute atomic E-state index is 0.255. The standard InChI is InChI=1S/C19H29NO/c1-13(2)15-8-9-18(4)10-11-19(5,14(3)17(15)18)16(21)7-6-12-20/h13,16,21H,3,6-11H2,1-2,4-5H3/t16-,18-,19-/m1/s1. The van der Waals surface area contributed by atoms with Crippen LogP contribution in [0, 0.1) is 28.1 Å². The zero-order valence-corrected chi connectivity index (χ0v) is 14.0. The number of hydrogen-bond acceptors (Lipinski definition) is 2. The molecule has 2 nitrogen and oxygen atoms in total. The minimum Gasteiger partial charge on any atom is -0.392 e. The zero-order valence-electron chi connectivity index (χ0n) is 14.0. The van der Waals surface area contributed by atoms with E-state index in [1.165, 1.54) is 18.4 Å². The van der Waals surface area contributed by atoms with E-state index < -0.39 is 6.10 Å². The van der Waals surface area contributed by atoms with Gasteiger partial charge in [-0.25, -0.2) is 0 Å². The van der Waals surface area contributed by atoms with Crippen molar-refractivity contribution in [1.82, 2.24) is 0 Å². The number of nitriles is 1. The molecule has 0 bridgehead atoms. The van der Waals surface area contributed by atoms with E-state index in [0.29, 0.717) is 18.8 Å². The summed E-state index contributed by atoms with van der Waals surface area (Å²) >= 11 is 0. The van der Waals surface area contributed by atoms with Gasteiger partial charge in [-0.2, -0.15) is 5.26 Å². The first-order chi connectivity index (χ1) is 9.76. The van der Waals surface area contributed by atoms with Crippen LogP contribution in [-0.4, -0.2) is 11.2 Å². The molecule has 2 rings (SSSR count). The van der Waals surface area contributed by atoms with Gasteiger partial charge in [0, 0.05) is 11.8 Å². The second kappa shape index (κ2) is 5.61. The molecule has 0 aromatic heterocycles. The van der Waals surface area contributed by atoms with Crippen LogP contribution in [0.15, 0.2) is 23.3 Å². The highest BCUT2D eigenvalue weighted by Crippen LogP contribution is 2.60. The third-order valence-electron chi connectivity index (χ3n) is 6.02. The van der Waals surface area contributed by atoms with E-state index in [4.69, 9.17) is 5.26 Å². The van der Waals surface area contributed by atoms with Crippen molar-refractivity contribution in [2.75, 3.05) is 0 Å². The topological polar surface area (TPSA) is 44.0 Å². The van der Waals surface area contributed by atoms with E-state index in [1.807, 2.05) is 0 Å². The predicted octanol–water partition coefficient (Wildman–Crippen LogP) is 4.76. The predicted molar refractivity (Wildman–Crippen MR) is 86.5 cm³/mol. The van der Waals surface area contributed by atoms with Gasteiger partial charge < -0.3 is 5.11 Å². The largest absolute Gasteiger partial charge is 0.392 e. The molecule has 0 heterocycles. The maximum Gasteiger partial charge on any atom is 0.0643 e. The van der Waals surface area contributed by atoms with Crippen molar-refractivity contribution in [2.24, 2.45) is 16.7 Å². The lowest BCUT2D eigenvalue weighted by atomic mass is 9.58.